The molecule has 0 spiro atoms. The van der Waals surface area contributed by atoms with Crippen molar-refractivity contribution in [3.63, 3.8) is 0 Å². The first-order chi connectivity index (χ1) is 11.6. The van der Waals surface area contributed by atoms with Crippen LogP contribution in [-0.2, 0) is 11.3 Å². The molecule has 5 nitrogen and oxygen atoms in total. The third-order valence-electron chi connectivity index (χ3n) is 3.61. The van der Waals surface area contributed by atoms with Crippen LogP contribution < -0.4 is 10.9 Å². The minimum atomic E-state index is -0.294. The molecule has 0 aliphatic carbocycles. The first-order valence-electron chi connectivity index (χ1n) is 7.60. The highest BCUT2D eigenvalue weighted by molar-refractivity contribution is 7.13. The van der Waals surface area contributed by atoms with E-state index in [1.807, 2.05) is 54.8 Å². The lowest BCUT2D eigenvalue weighted by Crippen LogP contribution is -2.34. The van der Waals surface area contributed by atoms with Crippen molar-refractivity contribution in [1.29, 1.82) is 0 Å². The lowest BCUT2D eigenvalue weighted by atomic mass is 10.1. The maximum absolute atomic E-state index is 12.2. The summed E-state index contributed by atoms with van der Waals surface area (Å²) in [4.78, 5) is 25.2. The van der Waals surface area contributed by atoms with Crippen LogP contribution in [0.1, 0.15) is 18.5 Å². The van der Waals surface area contributed by atoms with Crippen molar-refractivity contribution in [1.82, 2.24) is 15.1 Å². The number of hydrogen-bond donors (Lipinski definition) is 1. The van der Waals surface area contributed by atoms with Gasteiger partial charge in [0, 0.05) is 6.07 Å². The van der Waals surface area contributed by atoms with Crippen molar-refractivity contribution in [2.75, 3.05) is 0 Å². The Hall–Kier alpha value is -2.73. The summed E-state index contributed by atoms with van der Waals surface area (Å²) in [6.45, 7) is 1.81. The molecule has 1 aromatic carbocycles. The molecule has 1 atom stereocenters. The molecule has 1 amide bonds. The zero-order valence-electron chi connectivity index (χ0n) is 13.2. The van der Waals surface area contributed by atoms with E-state index in [0.717, 1.165) is 10.4 Å². The molecule has 1 N–H and O–H groups in total. The Kier molecular flexibility index (Phi) is 4.86. The second-order valence-electron chi connectivity index (χ2n) is 5.39. The van der Waals surface area contributed by atoms with Gasteiger partial charge < -0.3 is 5.32 Å². The lowest BCUT2D eigenvalue weighted by molar-refractivity contribution is -0.122. The van der Waals surface area contributed by atoms with Gasteiger partial charge in [-0.1, -0.05) is 36.4 Å². The molecule has 0 bridgehead atoms. The van der Waals surface area contributed by atoms with E-state index in [4.69, 9.17) is 0 Å². The molecular weight excluding hydrogens is 322 g/mol. The van der Waals surface area contributed by atoms with Crippen LogP contribution in [0, 0.1) is 0 Å². The number of aromatic nitrogens is 2. The van der Waals surface area contributed by atoms with Gasteiger partial charge >= 0.3 is 0 Å². The molecule has 2 aromatic heterocycles. The van der Waals surface area contributed by atoms with Crippen LogP contribution in [0.4, 0.5) is 0 Å². The first kappa shape index (κ1) is 16.1. The van der Waals surface area contributed by atoms with Crippen molar-refractivity contribution < 1.29 is 4.79 Å². The van der Waals surface area contributed by atoms with Crippen molar-refractivity contribution in [3.05, 3.63) is 75.9 Å². The molecule has 0 aliphatic rings. The number of hydrogen-bond acceptors (Lipinski definition) is 4. The van der Waals surface area contributed by atoms with E-state index < -0.39 is 0 Å². The number of carbonyl (C=O) groups excluding carboxylic acids is 1. The Morgan fingerprint density at radius 1 is 1.17 bits per heavy atom. The summed E-state index contributed by atoms with van der Waals surface area (Å²) in [6, 6.07) is 16.5. The summed E-state index contributed by atoms with van der Waals surface area (Å²) in [5, 5.41) is 9.12. The summed E-state index contributed by atoms with van der Waals surface area (Å²) in [5.41, 5.74) is 1.41. The Balaban J connectivity index is 1.72. The van der Waals surface area contributed by atoms with E-state index in [-0.39, 0.29) is 24.1 Å². The van der Waals surface area contributed by atoms with Gasteiger partial charge in [0.15, 0.2) is 0 Å². The first-order valence-corrected chi connectivity index (χ1v) is 8.48. The number of rotatable bonds is 5. The third-order valence-corrected chi connectivity index (χ3v) is 4.50. The van der Waals surface area contributed by atoms with E-state index >= 15 is 0 Å². The van der Waals surface area contributed by atoms with Gasteiger partial charge in [0.1, 0.15) is 12.2 Å². The second-order valence-corrected chi connectivity index (χ2v) is 6.34. The molecule has 0 radical (unpaired) electrons. The predicted octanol–water partition coefficient (Wildman–Crippen LogP) is 2.85. The molecule has 3 aromatic rings. The fourth-order valence-corrected chi connectivity index (χ4v) is 3.06. The van der Waals surface area contributed by atoms with Crippen molar-refractivity contribution in [3.8, 4) is 10.6 Å². The van der Waals surface area contributed by atoms with Crippen LogP contribution in [0.25, 0.3) is 10.6 Å². The quantitative estimate of drug-likeness (QED) is 0.777. The maximum Gasteiger partial charge on any atom is 0.267 e. The third kappa shape index (κ3) is 3.78. The monoisotopic (exact) mass is 339 g/mol. The Morgan fingerprint density at radius 2 is 1.96 bits per heavy atom. The smallest absolute Gasteiger partial charge is 0.267 e. The van der Waals surface area contributed by atoms with E-state index in [2.05, 4.69) is 10.4 Å². The van der Waals surface area contributed by atoms with Crippen LogP contribution in [-0.4, -0.2) is 15.7 Å². The number of nitrogens with zero attached hydrogens (tertiary/aromatic N) is 2. The molecule has 122 valence electrons. The summed E-state index contributed by atoms with van der Waals surface area (Å²) in [5.74, 6) is -0.246. The minimum absolute atomic E-state index is 0.102. The topological polar surface area (TPSA) is 64.0 Å². The fraction of sp³-hybridized carbons (Fsp3) is 0.167. The number of amides is 1. The Morgan fingerprint density at radius 3 is 2.67 bits per heavy atom. The van der Waals surface area contributed by atoms with Crippen LogP contribution in [0.5, 0.6) is 0 Å². The van der Waals surface area contributed by atoms with Crippen molar-refractivity contribution in [2.24, 2.45) is 0 Å². The molecule has 0 saturated heterocycles. The van der Waals surface area contributed by atoms with E-state index in [1.54, 1.807) is 6.07 Å². The molecule has 0 saturated carbocycles. The summed E-state index contributed by atoms with van der Waals surface area (Å²) >= 11 is 1.54. The van der Waals surface area contributed by atoms with Crippen LogP contribution in [0.2, 0.25) is 0 Å². The highest BCUT2D eigenvalue weighted by Crippen LogP contribution is 2.21. The zero-order valence-corrected chi connectivity index (χ0v) is 14.0. The van der Waals surface area contributed by atoms with Gasteiger partial charge in [-0.3, -0.25) is 9.59 Å². The molecular formula is C18H17N3O2S. The number of nitrogens with one attached hydrogen (secondary N) is 1. The summed E-state index contributed by atoms with van der Waals surface area (Å²) < 4.78 is 1.20. The zero-order chi connectivity index (χ0) is 16.9. The number of benzene rings is 1. The highest BCUT2D eigenvalue weighted by atomic mass is 32.1. The van der Waals surface area contributed by atoms with Gasteiger partial charge in [0.2, 0.25) is 5.91 Å². The van der Waals surface area contributed by atoms with Gasteiger partial charge in [-0.05, 0) is 30.0 Å². The summed E-state index contributed by atoms with van der Waals surface area (Å²) in [6.07, 6.45) is 0. The summed E-state index contributed by atoms with van der Waals surface area (Å²) in [7, 11) is 0. The fourth-order valence-electron chi connectivity index (χ4n) is 2.37. The maximum atomic E-state index is 12.2. The second kappa shape index (κ2) is 7.23. The molecule has 6 heteroatoms. The average molecular weight is 339 g/mol. The van der Waals surface area contributed by atoms with Gasteiger partial charge in [-0.15, -0.1) is 11.3 Å². The molecule has 0 fully saturated rings. The van der Waals surface area contributed by atoms with Crippen LogP contribution >= 0.6 is 11.3 Å². The highest BCUT2D eigenvalue weighted by Gasteiger charge is 2.12. The minimum Gasteiger partial charge on any atom is -0.348 e. The van der Waals surface area contributed by atoms with Crippen LogP contribution in [0.3, 0.4) is 0 Å². The molecule has 0 unspecified atom stereocenters. The standard InChI is InChI=1S/C18H17N3O2S/c1-13(14-6-3-2-4-7-14)19-17(22)12-21-18(23)10-9-15(20-21)16-8-5-11-24-16/h2-11,13H,12H2,1H3,(H,19,22)/t13-/m0/s1. The number of thiophene rings is 1. The van der Waals surface area contributed by atoms with Gasteiger partial charge in [-0.2, -0.15) is 5.10 Å². The van der Waals surface area contributed by atoms with Crippen molar-refractivity contribution in [2.45, 2.75) is 19.5 Å². The van der Waals surface area contributed by atoms with E-state index in [9.17, 15) is 9.59 Å². The Bertz CT molecular complexity index is 873. The predicted molar refractivity (Wildman–Crippen MR) is 94.8 cm³/mol. The number of carbonyl (C=O) groups is 1. The lowest BCUT2D eigenvalue weighted by Gasteiger charge is -2.14. The van der Waals surface area contributed by atoms with Crippen LogP contribution in [0.15, 0.2) is 64.8 Å². The molecule has 3 rings (SSSR count). The van der Waals surface area contributed by atoms with E-state index in [0.29, 0.717) is 5.69 Å². The normalized spacial score (nSPS) is 11.9. The van der Waals surface area contributed by atoms with Gasteiger partial charge in [0.05, 0.1) is 10.9 Å². The molecule has 2 heterocycles. The average Bonchev–Trinajstić information content (AvgIpc) is 3.12. The molecule has 24 heavy (non-hydrogen) atoms. The SMILES string of the molecule is C[C@H](NC(=O)Cn1nc(-c2cccs2)ccc1=O)c1ccccc1. The van der Waals surface area contributed by atoms with Crippen molar-refractivity contribution >= 4 is 17.2 Å². The van der Waals surface area contributed by atoms with Gasteiger partial charge in [0.25, 0.3) is 5.56 Å². The largest absolute Gasteiger partial charge is 0.348 e. The van der Waals surface area contributed by atoms with E-state index in [1.165, 1.54) is 22.1 Å². The molecule has 0 aliphatic heterocycles. The Labute approximate surface area is 143 Å². The van der Waals surface area contributed by atoms with Gasteiger partial charge in [-0.25, -0.2) is 4.68 Å².